The van der Waals surface area contributed by atoms with E-state index in [1.807, 2.05) is 58.0 Å². The second-order valence-electron chi connectivity index (χ2n) is 7.49. The molecular weight excluding hydrogens is 380 g/mol. The Balaban J connectivity index is 2.33. The van der Waals surface area contributed by atoms with E-state index in [0.717, 1.165) is 33.5 Å². The highest BCUT2D eigenvalue weighted by Crippen LogP contribution is 2.42. The first-order valence-corrected chi connectivity index (χ1v) is 10.2. The Hall–Kier alpha value is -3.15. The highest BCUT2D eigenvalue weighted by molar-refractivity contribution is 6.42. The van der Waals surface area contributed by atoms with Gasteiger partial charge in [0.25, 0.3) is 0 Å². The number of aryl methyl sites for hydroxylation is 4. The van der Waals surface area contributed by atoms with Crippen molar-refractivity contribution in [1.82, 2.24) is 0 Å². The lowest BCUT2D eigenvalue weighted by molar-refractivity contribution is -0.144. The molecule has 0 aromatic heterocycles. The molecule has 1 aliphatic heterocycles. The number of hydrogen-bond acceptors (Lipinski definition) is 6. The van der Waals surface area contributed by atoms with Crippen LogP contribution in [0.3, 0.4) is 0 Å². The number of ether oxygens (including phenoxy) is 2. The van der Waals surface area contributed by atoms with Gasteiger partial charge in [-0.2, -0.15) is 0 Å². The molecule has 1 heterocycles. The molecule has 30 heavy (non-hydrogen) atoms. The number of esters is 2. The third-order valence-electron chi connectivity index (χ3n) is 5.05. The van der Waals surface area contributed by atoms with Gasteiger partial charge in [-0.15, -0.1) is 0 Å². The zero-order chi connectivity index (χ0) is 22.0. The number of amidine groups is 1. The van der Waals surface area contributed by atoms with Crippen LogP contribution >= 0.6 is 0 Å². The zero-order valence-corrected chi connectivity index (χ0v) is 18.4. The molecule has 0 radical (unpaired) electrons. The zero-order valence-electron chi connectivity index (χ0n) is 18.4. The summed E-state index contributed by atoms with van der Waals surface area (Å²) in [5, 5.41) is 0. The van der Waals surface area contributed by atoms with Crippen LogP contribution in [-0.4, -0.2) is 31.0 Å². The van der Waals surface area contributed by atoms with Gasteiger partial charge in [0.2, 0.25) is 5.84 Å². The van der Waals surface area contributed by atoms with E-state index in [-0.39, 0.29) is 19.0 Å². The number of anilines is 1. The summed E-state index contributed by atoms with van der Waals surface area (Å²) in [7, 11) is 0. The average Bonchev–Trinajstić information content (AvgIpc) is 2.67. The first-order chi connectivity index (χ1) is 14.3. The molecule has 1 unspecified atom stereocenters. The summed E-state index contributed by atoms with van der Waals surface area (Å²) >= 11 is 0. The van der Waals surface area contributed by atoms with Crippen molar-refractivity contribution in [1.29, 1.82) is 0 Å². The van der Waals surface area contributed by atoms with Crippen LogP contribution in [-0.2, 0) is 19.1 Å². The highest BCUT2D eigenvalue weighted by Gasteiger charge is 2.41. The number of carbonyl (C=O) groups excluding carboxylic acids is 2. The Morgan fingerprint density at radius 2 is 1.60 bits per heavy atom. The van der Waals surface area contributed by atoms with Gasteiger partial charge in [0.05, 0.1) is 18.9 Å². The van der Waals surface area contributed by atoms with Gasteiger partial charge >= 0.3 is 11.9 Å². The van der Waals surface area contributed by atoms with Crippen LogP contribution in [0.4, 0.5) is 11.4 Å². The predicted molar refractivity (Wildman–Crippen MR) is 117 cm³/mol. The second-order valence-corrected chi connectivity index (χ2v) is 7.49. The fraction of sp³-hybridized carbons (Fsp3) is 0.375. The SMILES string of the molecule is CCOC(=O)C1=Nc2c(C)cc(C)cc2C(C(=O)OCC)N1c1ccc(C)cc1C. The van der Waals surface area contributed by atoms with Crippen molar-refractivity contribution >= 4 is 29.1 Å². The maximum absolute atomic E-state index is 13.2. The minimum Gasteiger partial charge on any atom is -0.464 e. The number of hydrogen-bond donors (Lipinski definition) is 0. The number of rotatable bonds is 5. The van der Waals surface area contributed by atoms with E-state index in [4.69, 9.17) is 9.47 Å². The molecule has 2 aromatic carbocycles. The molecule has 1 aliphatic rings. The average molecular weight is 408 g/mol. The molecule has 0 amide bonds. The van der Waals surface area contributed by atoms with Crippen molar-refractivity contribution in [3.63, 3.8) is 0 Å². The summed E-state index contributed by atoms with van der Waals surface area (Å²) in [6.07, 6.45) is 0. The Bertz CT molecular complexity index is 1030. The van der Waals surface area contributed by atoms with Crippen molar-refractivity contribution in [3.8, 4) is 0 Å². The van der Waals surface area contributed by atoms with Crippen molar-refractivity contribution in [3.05, 3.63) is 58.1 Å². The summed E-state index contributed by atoms with van der Waals surface area (Å²) in [6, 6.07) is 8.95. The largest absolute Gasteiger partial charge is 0.464 e. The van der Waals surface area contributed by atoms with Gasteiger partial charge in [0, 0.05) is 11.3 Å². The normalized spacial score (nSPS) is 15.3. The van der Waals surface area contributed by atoms with E-state index >= 15 is 0 Å². The van der Waals surface area contributed by atoms with Crippen LogP contribution in [0.2, 0.25) is 0 Å². The van der Waals surface area contributed by atoms with Crippen LogP contribution in [0.25, 0.3) is 0 Å². The number of nitrogens with zero attached hydrogens (tertiary/aromatic N) is 2. The Kier molecular flexibility index (Phi) is 6.25. The second kappa shape index (κ2) is 8.69. The molecule has 0 saturated heterocycles. The van der Waals surface area contributed by atoms with Crippen LogP contribution < -0.4 is 4.90 Å². The predicted octanol–water partition coefficient (Wildman–Crippen LogP) is 4.64. The minimum absolute atomic E-state index is 0.0845. The Morgan fingerprint density at radius 3 is 2.23 bits per heavy atom. The van der Waals surface area contributed by atoms with Crippen molar-refractivity contribution in [2.45, 2.75) is 47.6 Å². The van der Waals surface area contributed by atoms with E-state index in [9.17, 15) is 9.59 Å². The quantitative estimate of drug-likeness (QED) is 0.675. The molecule has 158 valence electrons. The molecule has 2 aromatic rings. The Labute approximate surface area is 177 Å². The summed E-state index contributed by atoms with van der Waals surface area (Å²) in [5.41, 5.74) is 5.96. The van der Waals surface area contributed by atoms with Crippen LogP contribution in [0.5, 0.6) is 0 Å². The van der Waals surface area contributed by atoms with Crippen molar-refractivity contribution in [2.75, 3.05) is 18.1 Å². The van der Waals surface area contributed by atoms with Crippen LogP contribution in [0.1, 0.15) is 47.7 Å². The molecule has 3 rings (SSSR count). The molecule has 0 aliphatic carbocycles. The third kappa shape index (κ3) is 3.95. The first kappa shape index (κ1) is 21.6. The number of fused-ring (bicyclic) bond motifs is 1. The lowest BCUT2D eigenvalue weighted by Gasteiger charge is -2.37. The van der Waals surface area contributed by atoms with E-state index in [0.29, 0.717) is 5.69 Å². The van der Waals surface area contributed by atoms with E-state index in [2.05, 4.69) is 4.99 Å². The topological polar surface area (TPSA) is 68.2 Å². The van der Waals surface area contributed by atoms with Gasteiger partial charge in [-0.3, -0.25) is 0 Å². The lowest BCUT2D eigenvalue weighted by Crippen LogP contribution is -2.46. The minimum atomic E-state index is -0.836. The molecule has 0 N–H and O–H groups in total. The lowest BCUT2D eigenvalue weighted by atomic mass is 9.94. The number of benzene rings is 2. The maximum atomic E-state index is 13.2. The molecule has 6 heteroatoms. The molecule has 0 saturated carbocycles. The smallest absolute Gasteiger partial charge is 0.374 e. The van der Waals surface area contributed by atoms with Gasteiger partial charge in [0.15, 0.2) is 6.04 Å². The van der Waals surface area contributed by atoms with E-state index < -0.39 is 18.0 Å². The summed E-state index contributed by atoms with van der Waals surface area (Å²) in [6.45, 7) is 11.8. The summed E-state index contributed by atoms with van der Waals surface area (Å²) < 4.78 is 10.7. The van der Waals surface area contributed by atoms with Gasteiger partial charge in [-0.1, -0.05) is 35.4 Å². The van der Waals surface area contributed by atoms with Gasteiger partial charge in [0.1, 0.15) is 0 Å². The van der Waals surface area contributed by atoms with Crippen molar-refractivity contribution in [2.24, 2.45) is 4.99 Å². The summed E-state index contributed by atoms with van der Waals surface area (Å²) in [4.78, 5) is 32.5. The van der Waals surface area contributed by atoms with Gasteiger partial charge in [-0.25, -0.2) is 14.6 Å². The molecule has 0 bridgehead atoms. The summed E-state index contributed by atoms with van der Waals surface area (Å²) in [5.74, 6) is -0.917. The molecule has 0 fully saturated rings. The Morgan fingerprint density at radius 1 is 0.933 bits per heavy atom. The number of carbonyl (C=O) groups is 2. The fourth-order valence-corrected chi connectivity index (χ4v) is 3.90. The number of aliphatic imine (C=N–C) groups is 1. The van der Waals surface area contributed by atoms with Crippen LogP contribution in [0, 0.1) is 27.7 Å². The van der Waals surface area contributed by atoms with Gasteiger partial charge < -0.3 is 14.4 Å². The first-order valence-electron chi connectivity index (χ1n) is 10.2. The van der Waals surface area contributed by atoms with E-state index in [1.54, 1.807) is 18.7 Å². The maximum Gasteiger partial charge on any atom is 0.374 e. The van der Waals surface area contributed by atoms with Crippen LogP contribution in [0.15, 0.2) is 35.3 Å². The van der Waals surface area contributed by atoms with Gasteiger partial charge in [-0.05, 0) is 58.7 Å². The van der Waals surface area contributed by atoms with E-state index in [1.165, 1.54) is 0 Å². The molecule has 6 nitrogen and oxygen atoms in total. The monoisotopic (exact) mass is 408 g/mol. The third-order valence-corrected chi connectivity index (χ3v) is 5.05. The molecule has 1 atom stereocenters. The highest BCUT2D eigenvalue weighted by atomic mass is 16.5. The van der Waals surface area contributed by atoms with Crippen molar-refractivity contribution < 1.29 is 19.1 Å². The molecule has 0 spiro atoms. The fourth-order valence-electron chi connectivity index (χ4n) is 3.90. The molecular formula is C24H28N2O4. The standard InChI is InChI=1S/C24H28N2O4/c1-7-29-23(27)21-18-13-15(4)12-17(6)20(18)25-22(24(28)30-8-2)26(21)19-10-9-14(3)11-16(19)5/h9-13,21H,7-8H2,1-6H3.